The molecule has 0 saturated carbocycles. The van der Waals surface area contributed by atoms with Crippen LogP contribution >= 0.6 is 0 Å². The molecule has 2 atom stereocenters. The van der Waals surface area contributed by atoms with Crippen LogP contribution in [-0.4, -0.2) is 68.6 Å². The van der Waals surface area contributed by atoms with Gasteiger partial charge in [-0.15, -0.1) is 0 Å². The lowest BCUT2D eigenvalue weighted by Crippen LogP contribution is -2.46. The smallest absolute Gasteiger partial charge is 0.224 e. The average molecular weight is 360 g/mol. The molecule has 140 valence electrons. The summed E-state index contributed by atoms with van der Waals surface area (Å²) in [6, 6.07) is 0. The molecule has 1 N–H and O–H groups in total. The van der Waals surface area contributed by atoms with E-state index in [0.717, 1.165) is 31.7 Å². The van der Waals surface area contributed by atoms with Crippen molar-refractivity contribution >= 4 is 15.9 Å². The summed E-state index contributed by atoms with van der Waals surface area (Å²) in [6.07, 6.45) is 5.11. The van der Waals surface area contributed by atoms with Crippen molar-refractivity contribution in [2.75, 3.05) is 45.0 Å². The molecule has 0 radical (unpaired) electrons. The number of sulfonamides is 1. The van der Waals surface area contributed by atoms with E-state index in [0.29, 0.717) is 19.6 Å². The van der Waals surface area contributed by atoms with Crippen molar-refractivity contribution < 1.29 is 13.2 Å². The fourth-order valence-electron chi connectivity index (χ4n) is 3.74. The van der Waals surface area contributed by atoms with E-state index in [9.17, 15) is 13.2 Å². The monoisotopic (exact) mass is 359 g/mol. The number of hydrogen-bond acceptors (Lipinski definition) is 4. The third-order valence-corrected chi connectivity index (χ3v) is 7.05. The summed E-state index contributed by atoms with van der Waals surface area (Å²) in [5.74, 6) is 0.699. The fraction of sp³-hybridized carbons (Fsp3) is 0.941. The number of nitrogens with zero attached hydrogens (tertiary/aromatic N) is 2. The maximum Gasteiger partial charge on any atom is 0.224 e. The van der Waals surface area contributed by atoms with Gasteiger partial charge in [-0.2, -0.15) is 0 Å². The highest BCUT2D eigenvalue weighted by Crippen LogP contribution is 2.19. The number of piperidine rings is 2. The normalized spacial score (nSPS) is 27.1. The Bertz CT molecular complexity index is 509. The Balaban J connectivity index is 1.68. The molecule has 2 aliphatic rings. The van der Waals surface area contributed by atoms with Crippen molar-refractivity contribution in [3.63, 3.8) is 0 Å². The number of hydrogen-bond donors (Lipinski definition) is 1. The average Bonchev–Trinajstić information content (AvgIpc) is 2.58. The number of nitrogens with one attached hydrogen (secondary N) is 1. The molecule has 0 aromatic heterocycles. The Morgan fingerprint density at radius 3 is 2.62 bits per heavy atom. The summed E-state index contributed by atoms with van der Waals surface area (Å²) in [4.78, 5) is 14.8. The molecule has 0 spiro atoms. The Labute approximate surface area is 147 Å². The van der Waals surface area contributed by atoms with Crippen LogP contribution in [0.4, 0.5) is 0 Å². The molecule has 2 fully saturated rings. The topological polar surface area (TPSA) is 69.7 Å². The number of likely N-dealkylation sites (tertiary alicyclic amines) is 1. The minimum absolute atomic E-state index is 0.0121. The lowest BCUT2D eigenvalue weighted by atomic mass is 9.99. The van der Waals surface area contributed by atoms with Gasteiger partial charge < -0.3 is 10.2 Å². The van der Waals surface area contributed by atoms with Crippen molar-refractivity contribution in [2.45, 2.75) is 46.0 Å². The summed E-state index contributed by atoms with van der Waals surface area (Å²) >= 11 is 0. The third-order valence-electron chi connectivity index (χ3n) is 5.20. The van der Waals surface area contributed by atoms with E-state index >= 15 is 0 Å². The van der Waals surface area contributed by atoms with Crippen molar-refractivity contribution in [3.8, 4) is 0 Å². The summed E-state index contributed by atoms with van der Waals surface area (Å²) in [6.45, 7) is 8.89. The number of carbonyl (C=O) groups is 1. The van der Waals surface area contributed by atoms with Gasteiger partial charge >= 0.3 is 0 Å². The SMILES string of the molecule is CCS(=O)(=O)N1CCC[C@@H](C(=O)NCCCN2CCC[C@@H](C)C2)C1. The molecule has 0 bridgehead atoms. The molecule has 0 aliphatic carbocycles. The molecule has 0 unspecified atom stereocenters. The second-order valence-electron chi connectivity index (χ2n) is 7.29. The Kier molecular flexibility index (Phi) is 7.50. The lowest BCUT2D eigenvalue weighted by molar-refractivity contribution is -0.126. The first kappa shape index (κ1) is 19.7. The van der Waals surface area contributed by atoms with Gasteiger partial charge in [0.1, 0.15) is 0 Å². The summed E-state index contributed by atoms with van der Waals surface area (Å²) < 4.78 is 25.4. The molecule has 2 aliphatic heterocycles. The quantitative estimate of drug-likeness (QED) is 0.696. The van der Waals surface area contributed by atoms with Crippen molar-refractivity contribution in [2.24, 2.45) is 11.8 Å². The molecule has 0 aromatic rings. The molecule has 2 heterocycles. The minimum Gasteiger partial charge on any atom is -0.356 e. The first-order chi connectivity index (χ1) is 11.4. The summed E-state index contributed by atoms with van der Waals surface area (Å²) in [5, 5.41) is 3.01. The largest absolute Gasteiger partial charge is 0.356 e. The first-order valence-corrected chi connectivity index (χ1v) is 11.0. The van der Waals surface area contributed by atoms with Crippen LogP contribution in [0.5, 0.6) is 0 Å². The van der Waals surface area contributed by atoms with E-state index in [4.69, 9.17) is 0 Å². The van der Waals surface area contributed by atoms with Gasteiger partial charge in [-0.25, -0.2) is 12.7 Å². The minimum atomic E-state index is -3.19. The highest BCUT2D eigenvalue weighted by atomic mass is 32.2. The van der Waals surface area contributed by atoms with Crippen LogP contribution in [-0.2, 0) is 14.8 Å². The van der Waals surface area contributed by atoms with E-state index in [-0.39, 0.29) is 17.6 Å². The molecule has 7 heteroatoms. The summed E-state index contributed by atoms with van der Waals surface area (Å²) in [7, 11) is -3.19. The number of carbonyl (C=O) groups excluding carboxylic acids is 1. The molecule has 2 saturated heterocycles. The van der Waals surface area contributed by atoms with Gasteiger partial charge in [0.25, 0.3) is 0 Å². The van der Waals surface area contributed by atoms with E-state index in [1.165, 1.54) is 30.2 Å². The molecule has 6 nitrogen and oxygen atoms in total. The zero-order valence-electron chi connectivity index (χ0n) is 15.2. The zero-order chi connectivity index (χ0) is 17.6. The molecular formula is C17H33N3O3S. The van der Waals surface area contributed by atoms with Crippen molar-refractivity contribution in [3.05, 3.63) is 0 Å². The summed E-state index contributed by atoms with van der Waals surface area (Å²) in [5.41, 5.74) is 0. The lowest BCUT2D eigenvalue weighted by Gasteiger charge is -2.31. The first-order valence-electron chi connectivity index (χ1n) is 9.40. The Morgan fingerprint density at radius 2 is 1.92 bits per heavy atom. The van der Waals surface area contributed by atoms with Gasteiger partial charge in [0.15, 0.2) is 0 Å². The maximum absolute atomic E-state index is 12.3. The second-order valence-corrected chi connectivity index (χ2v) is 9.55. The predicted octanol–water partition coefficient (Wildman–Crippen LogP) is 1.29. The maximum atomic E-state index is 12.3. The standard InChI is InChI=1S/C17H33N3O3S/c1-3-24(22,23)20-12-5-8-16(14-20)17(21)18-9-6-11-19-10-4-7-15(2)13-19/h15-16H,3-14H2,1-2H3,(H,18,21)/t15-,16-/m1/s1. The van der Waals surface area contributed by atoms with E-state index in [1.54, 1.807) is 6.92 Å². The number of amides is 1. The molecule has 0 aromatic carbocycles. The van der Waals surface area contributed by atoms with Crippen LogP contribution in [0.2, 0.25) is 0 Å². The fourth-order valence-corrected chi connectivity index (χ4v) is 4.92. The van der Waals surface area contributed by atoms with E-state index < -0.39 is 10.0 Å². The van der Waals surface area contributed by atoms with E-state index in [1.807, 2.05) is 0 Å². The predicted molar refractivity (Wildman–Crippen MR) is 96.2 cm³/mol. The molecular weight excluding hydrogens is 326 g/mol. The van der Waals surface area contributed by atoms with Crippen molar-refractivity contribution in [1.82, 2.24) is 14.5 Å². The van der Waals surface area contributed by atoms with Gasteiger partial charge in [0.05, 0.1) is 11.7 Å². The van der Waals surface area contributed by atoms with Gasteiger partial charge in [-0.05, 0) is 58.0 Å². The van der Waals surface area contributed by atoms with Crippen LogP contribution in [0.3, 0.4) is 0 Å². The van der Waals surface area contributed by atoms with Gasteiger partial charge in [0, 0.05) is 26.2 Å². The third kappa shape index (κ3) is 5.70. The molecule has 2 rings (SSSR count). The Hall–Kier alpha value is -0.660. The van der Waals surface area contributed by atoms with Crippen molar-refractivity contribution in [1.29, 1.82) is 0 Å². The molecule has 1 amide bonds. The van der Waals surface area contributed by atoms with E-state index in [2.05, 4.69) is 17.1 Å². The second kappa shape index (κ2) is 9.15. The van der Waals surface area contributed by atoms with Crippen LogP contribution in [0.1, 0.15) is 46.0 Å². The number of rotatable bonds is 7. The van der Waals surface area contributed by atoms with Gasteiger partial charge in [-0.3, -0.25) is 4.79 Å². The zero-order valence-corrected chi connectivity index (χ0v) is 16.0. The van der Waals surface area contributed by atoms with Crippen LogP contribution in [0, 0.1) is 11.8 Å². The van der Waals surface area contributed by atoms with Crippen LogP contribution < -0.4 is 5.32 Å². The highest BCUT2D eigenvalue weighted by molar-refractivity contribution is 7.89. The van der Waals surface area contributed by atoms with Gasteiger partial charge in [0.2, 0.25) is 15.9 Å². The van der Waals surface area contributed by atoms with Crippen LogP contribution in [0.25, 0.3) is 0 Å². The molecule has 24 heavy (non-hydrogen) atoms. The van der Waals surface area contributed by atoms with Gasteiger partial charge in [-0.1, -0.05) is 6.92 Å². The highest BCUT2D eigenvalue weighted by Gasteiger charge is 2.31. The van der Waals surface area contributed by atoms with Crippen LogP contribution in [0.15, 0.2) is 0 Å². The Morgan fingerprint density at radius 1 is 1.17 bits per heavy atom.